The van der Waals surface area contributed by atoms with Crippen LogP contribution in [-0.2, 0) is 12.6 Å². The molecule has 0 radical (unpaired) electrons. The number of benzene rings is 1. The van der Waals surface area contributed by atoms with Gasteiger partial charge in [0.25, 0.3) is 0 Å². The number of pyridine rings is 2. The highest BCUT2D eigenvalue weighted by Crippen LogP contribution is 2.35. The van der Waals surface area contributed by atoms with E-state index in [1.807, 2.05) is 0 Å². The minimum atomic E-state index is -4.47. The van der Waals surface area contributed by atoms with Crippen molar-refractivity contribution in [2.24, 2.45) is 0 Å². The average Bonchev–Trinajstić information content (AvgIpc) is 3.29. The standard InChI is InChI=1S/C21H12ClF4N5/c22-14-8-11(21(24,25)26)4-5-13(14)16-2-1-3-19-27-12(10-31(16)19)9-18-28-15-6-7-17(23)29-20(15)30-18/h1-8,10H,9H2,(H,28,29,30). The first kappa shape index (κ1) is 19.5. The third-order valence-corrected chi connectivity index (χ3v) is 5.14. The van der Waals surface area contributed by atoms with E-state index in [1.54, 1.807) is 34.9 Å². The molecule has 5 nitrogen and oxygen atoms in total. The molecule has 0 bridgehead atoms. The van der Waals surface area contributed by atoms with Gasteiger partial charge in [-0.3, -0.25) is 4.40 Å². The normalized spacial score (nSPS) is 12.2. The molecule has 5 aromatic rings. The third-order valence-electron chi connectivity index (χ3n) is 4.82. The molecule has 4 aromatic heterocycles. The van der Waals surface area contributed by atoms with Crippen molar-refractivity contribution in [2.45, 2.75) is 12.6 Å². The van der Waals surface area contributed by atoms with Crippen LogP contribution < -0.4 is 0 Å². The number of H-pyrrole nitrogens is 1. The van der Waals surface area contributed by atoms with E-state index in [2.05, 4.69) is 19.9 Å². The number of nitrogens with one attached hydrogen (secondary N) is 1. The summed E-state index contributed by atoms with van der Waals surface area (Å²) in [7, 11) is 0. The number of aromatic nitrogens is 5. The van der Waals surface area contributed by atoms with Gasteiger partial charge in [-0.2, -0.15) is 22.5 Å². The van der Waals surface area contributed by atoms with Gasteiger partial charge in [0.1, 0.15) is 11.5 Å². The number of halogens is 5. The molecule has 0 aliphatic carbocycles. The summed E-state index contributed by atoms with van der Waals surface area (Å²) in [5, 5.41) is -0.0111. The van der Waals surface area contributed by atoms with E-state index in [9.17, 15) is 17.6 Å². The number of imidazole rings is 2. The minimum absolute atomic E-state index is 0.0111. The summed E-state index contributed by atoms with van der Waals surface area (Å²) in [5.74, 6) is -0.0537. The fraction of sp³-hybridized carbons (Fsp3) is 0.0952. The van der Waals surface area contributed by atoms with Crippen LogP contribution in [0.4, 0.5) is 17.6 Å². The predicted molar refractivity (Wildman–Crippen MR) is 107 cm³/mol. The van der Waals surface area contributed by atoms with Gasteiger partial charge in [0.15, 0.2) is 5.65 Å². The van der Waals surface area contributed by atoms with Gasteiger partial charge in [-0.25, -0.2) is 9.97 Å². The minimum Gasteiger partial charge on any atom is -0.340 e. The van der Waals surface area contributed by atoms with Gasteiger partial charge in [0, 0.05) is 18.2 Å². The number of nitrogens with zero attached hydrogens (tertiary/aromatic N) is 4. The Labute approximate surface area is 177 Å². The summed E-state index contributed by atoms with van der Waals surface area (Å²) in [5.41, 5.74) is 2.39. The Morgan fingerprint density at radius 2 is 1.84 bits per heavy atom. The van der Waals surface area contributed by atoms with E-state index in [4.69, 9.17) is 11.6 Å². The molecule has 10 heteroatoms. The first-order chi connectivity index (χ1) is 14.8. The Kier molecular flexibility index (Phi) is 4.44. The maximum atomic E-state index is 13.3. The summed E-state index contributed by atoms with van der Waals surface area (Å²) in [6.45, 7) is 0. The van der Waals surface area contributed by atoms with E-state index < -0.39 is 17.7 Å². The highest BCUT2D eigenvalue weighted by Gasteiger charge is 2.31. The van der Waals surface area contributed by atoms with Crippen molar-refractivity contribution in [1.29, 1.82) is 0 Å². The van der Waals surface area contributed by atoms with Gasteiger partial charge in [0.05, 0.1) is 27.5 Å². The van der Waals surface area contributed by atoms with Crippen LogP contribution in [0.5, 0.6) is 0 Å². The van der Waals surface area contributed by atoms with Crippen molar-refractivity contribution in [3.63, 3.8) is 0 Å². The number of aromatic amines is 1. The van der Waals surface area contributed by atoms with E-state index in [1.165, 1.54) is 12.1 Å². The van der Waals surface area contributed by atoms with Crippen LogP contribution in [-0.4, -0.2) is 24.3 Å². The van der Waals surface area contributed by atoms with Crippen molar-refractivity contribution in [1.82, 2.24) is 24.3 Å². The lowest BCUT2D eigenvalue weighted by molar-refractivity contribution is -0.137. The molecule has 4 heterocycles. The van der Waals surface area contributed by atoms with Crippen LogP contribution in [0.25, 0.3) is 28.1 Å². The van der Waals surface area contributed by atoms with Crippen LogP contribution in [0.2, 0.25) is 5.02 Å². The van der Waals surface area contributed by atoms with Gasteiger partial charge in [-0.15, -0.1) is 0 Å². The number of alkyl halides is 3. The Bertz CT molecular complexity index is 1440. The molecule has 0 saturated carbocycles. The van der Waals surface area contributed by atoms with Crippen molar-refractivity contribution in [3.05, 3.63) is 82.8 Å². The molecule has 0 aliphatic heterocycles. The number of fused-ring (bicyclic) bond motifs is 2. The largest absolute Gasteiger partial charge is 0.416 e. The summed E-state index contributed by atoms with van der Waals surface area (Å²) >= 11 is 6.18. The number of hydrogen-bond donors (Lipinski definition) is 1. The fourth-order valence-corrected chi connectivity index (χ4v) is 3.72. The van der Waals surface area contributed by atoms with Gasteiger partial charge >= 0.3 is 6.18 Å². The van der Waals surface area contributed by atoms with E-state index in [0.29, 0.717) is 40.4 Å². The van der Waals surface area contributed by atoms with Crippen molar-refractivity contribution < 1.29 is 17.6 Å². The summed E-state index contributed by atoms with van der Waals surface area (Å²) in [6.07, 6.45) is -2.37. The smallest absolute Gasteiger partial charge is 0.340 e. The Hall–Kier alpha value is -3.46. The molecule has 0 amide bonds. The molecule has 31 heavy (non-hydrogen) atoms. The first-order valence-corrected chi connectivity index (χ1v) is 9.51. The molecule has 0 aliphatic rings. The number of hydrogen-bond acceptors (Lipinski definition) is 3. The molecular formula is C21H12ClF4N5. The molecule has 0 spiro atoms. The first-order valence-electron chi connectivity index (χ1n) is 9.13. The monoisotopic (exact) mass is 445 g/mol. The highest BCUT2D eigenvalue weighted by atomic mass is 35.5. The SMILES string of the molecule is Fc1ccc2[nH]c(Cc3cn4c(-c5ccc(C(F)(F)F)cc5Cl)cccc4n3)nc2n1. The summed E-state index contributed by atoms with van der Waals surface area (Å²) in [6, 6.07) is 11.3. The Balaban J connectivity index is 1.53. The lowest BCUT2D eigenvalue weighted by atomic mass is 10.1. The highest BCUT2D eigenvalue weighted by molar-refractivity contribution is 6.33. The quantitative estimate of drug-likeness (QED) is 0.287. The maximum absolute atomic E-state index is 13.3. The fourth-order valence-electron chi connectivity index (χ4n) is 3.44. The van der Waals surface area contributed by atoms with Gasteiger partial charge < -0.3 is 4.98 Å². The van der Waals surface area contributed by atoms with Crippen LogP contribution in [0.1, 0.15) is 17.1 Å². The topological polar surface area (TPSA) is 58.9 Å². The van der Waals surface area contributed by atoms with Crippen LogP contribution >= 0.6 is 11.6 Å². The summed E-state index contributed by atoms with van der Waals surface area (Å²) < 4.78 is 53.9. The maximum Gasteiger partial charge on any atom is 0.416 e. The van der Waals surface area contributed by atoms with Crippen LogP contribution in [0.3, 0.4) is 0 Å². The molecule has 1 aromatic carbocycles. The Morgan fingerprint density at radius 1 is 1.00 bits per heavy atom. The summed E-state index contributed by atoms with van der Waals surface area (Å²) in [4.78, 5) is 15.6. The molecule has 0 atom stereocenters. The van der Waals surface area contributed by atoms with Gasteiger partial charge in [0.2, 0.25) is 5.95 Å². The molecule has 5 rings (SSSR count). The number of rotatable bonds is 3. The van der Waals surface area contributed by atoms with Crippen LogP contribution in [0, 0.1) is 5.95 Å². The zero-order chi connectivity index (χ0) is 21.8. The lowest BCUT2D eigenvalue weighted by Gasteiger charge is -2.11. The van der Waals surface area contributed by atoms with Gasteiger partial charge in [-0.05, 0) is 36.4 Å². The predicted octanol–water partition coefficient (Wildman–Crippen LogP) is 5.67. The van der Waals surface area contributed by atoms with E-state index >= 15 is 0 Å². The zero-order valence-electron chi connectivity index (χ0n) is 15.6. The molecule has 0 fully saturated rings. The molecule has 1 N–H and O–H groups in total. The zero-order valence-corrected chi connectivity index (χ0v) is 16.3. The second-order valence-corrected chi connectivity index (χ2v) is 7.34. The van der Waals surface area contributed by atoms with E-state index in [0.717, 1.165) is 12.1 Å². The Morgan fingerprint density at radius 3 is 2.61 bits per heavy atom. The van der Waals surface area contributed by atoms with Crippen molar-refractivity contribution in [2.75, 3.05) is 0 Å². The molecule has 0 unspecified atom stereocenters. The molecule has 0 saturated heterocycles. The third kappa shape index (κ3) is 3.61. The van der Waals surface area contributed by atoms with Crippen molar-refractivity contribution in [3.8, 4) is 11.3 Å². The second-order valence-electron chi connectivity index (χ2n) is 6.93. The van der Waals surface area contributed by atoms with Crippen LogP contribution in [0.15, 0.2) is 54.7 Å². The average molecular weight is 446 g/mol. The van der Waals surface area contributed by atoms with Crippen molar-refractivity contribution >= 4 is 28.4 Å². The molecule has 156 valence electrons. The lowest BCUT2D eigenvalue weighted by Crippen LogP contribution is -2.04. The molecular weight excluding hydrogens is 434 g/mol. The van der Waals surface area contributed by atoms with Gasteiger partial charge in [-0.1, -0.05) is 23.7 Å². The second kappa shape index (κ2) is 7.05. The van der Waals surface area contributed by atoms with E-state index in [-0.39, 0.29) is 10.7 Å².